The molecule has 0 aliphatic carbocycles. The van der Waals surface area contributed by atoms with Crippen molar-refractivity contribution in [2.45, 2.75) is 46.7 Å². The number of hydrogen-bond acceptors (Lipinski definition) is 2. The molecule has 3 amide bonds. The second kappa shape index (κ2) is 8.52. The van der Waals surface area contributed by atoms with E-state index in [0.29, 0.717) is 11.3 Å². The molecule has 2 aromatic rings. The van der Waals surface area contributed by atoms with E-state index in [1.807, 2.05) is 34.6 Å². The van der Waals surface area contributed by atoms with E-state index in [1.54, 1.807) is 24.3 Å². The zero-order valence-electron chi connectivity index (χ0n) is 16.0. The topological polar surface area (TPSA) is 70.2 Å². The largest absolute Gasteiger partial charge is 0.346 e. The van der Waals surface area contributed by atoms with Gasteiger partial charge in [-0.1, -0.05) is 29.8 Å². The number of hydrogen-bond donors (Lipinski definition) is 3. The van der Waals surface area contributed by atoms with Crippen LogP contribution in [0.4, 0.5) is 10.5 Å². The van der Waals surface area contributed by atoms with Crippen molar-refractivity contribution in [3.8, 4) is 0 Å². The van der Waals surface area contributed by atoms with Crippen LogP contribution in [0.3, 0.4) is 0 Å². The van der Waals surface area contributed by atoms with E-state index in [-0.39, 0.29) is 24.0 Å². The molecule has 1 atom stereocenters. The number of rotatable bonds is 5. The molecule has 5 nitrogen and oxygen atoms in total. The van der Waals surface area contributed by atoms with E-state index in [2.05, 4.69) is 34.1 Å². The Kier molecular flexibility index (Phi) is 6.39. The van der Waals surface area contributed by atoms with Crippen LogP contribution in [0.15, 0.2) is 42.5 Å². The van der Waals surface area contributed by atoms with E-state index in [0.717, 1.165) is 16.7 Å². The third-order valence-electron chi connectivity index (χ3n) is 4.05. The normalized spacial score (nSPS) is 11.8. The van der Waals surface area contributed by atoms with Crippen LogP contribution in [-0.2, 0) is 0 Å². The van der Waals surface area contributed by atoms with Gasteiger partial charge < -0.3 is 16.0 Å². The van der Waals surface area contributed by atoms with Crippen LogP contribution in [0, 0.1) is 13.8 Å². The van der Waals surface area contributed by atoms with Crippen molar-refractivity contribution in [2.75, 3.05) is 5.32 Å². The quantitative estimate of drug-likeness (QED) is 0.749. The van der Waals surface area contributed by atoms with E-state index in [9.17, 15) is 9.59 Å². The third-order valence-corrected chi connectivity index (χ3v) is 4.05. The molecule has 5 heteroatoms. The molecule has 26 heavy (non-hydrogen) atoms. The Balaban J connectivity index is 2.08. The van der Waals surface area contributed by atoms with Crippen molar-refractivity contribution in [1.29, 1.82) is 0 Å². The fourth-order valence-electron chi connectivity index (χ4n) is 2.75. The van der Waals surface area contributed by atoms with Crippen molar-refractivity contribution in [3.05, 3.63) is 64.7 Å². The maximum absolute atomic E-state index is 12.6. The summed E-state index contributed by atoms with van der Waals surface area (Å²) >= 11 is 0. The highest BCUT2D eigenvalue weighted by molar-refractivity contribution is 5.97. The highest BCUT2D eigenvalue weighted by atomic mass is 16.2. The summed E-state index contributed by atoms with van der Waals surface area (Å²) in [6, 6.07) is 12.8. The van der Waals surface area contributed by atoms with Crippen LogP contribution in [0.5, 0.6) is 0 Å². The summed E-state index contributed by atoms with van der Waals surface area (Å²) in [4.78, 5) is 24.4. The minimum absolute atomic E-state index is 0.0416. The van der Waals surface area contributed by atoms with Gasteiger partial charge in [0.05, 0.1) is 6.04 Å². The average molecular weight is 353 g/mol. The van der Waals surface area contributed by atoms with Crippen molar-refractivity contribution in [3.63, 3.8) is 0 Å². The molecule has 3 N–H and O–H groups in total. The van der Waals surface area contributed by atoms with Crippen LogP contribution < -0.4 is 16.0 Å². The Labute approximate surface area is 155 Å². The van der Waals surface area contributed by atoms with E-state index >= 15 is 0 Å². The predicted molar refractivity (Wildman–Crippen MR) is 106 cm³/mol. The minimum Gasteiger partial charge on any atom is -0.346 e. The first kappa shape index (κ1) is 19.5. The number of benzene rings is 2. The van der Waals surface area contributed by atoms with Crippen LogP contribution >= 0.6 is 0 Å². The van der Waals surface area contributed by atoms with E-state index < -0.39 is 0 Å². The molecular formula is C21H27N3O2. The molecule has 0 fully saturated rings. The molecule has 0 aliphatic rings. The fourth-order valence-corrected chi connectivity index (χ4v) is 2.75. The summed E-state index contributed by atoms with van der Waals surface area (Å²) in [7, 11) is 0. The van der Waals surface area contributed by atoms with Gasteiger partial charge in [0.1, 0.15) is 0 Å². The molecule has 0 spiro atoms. The Morgan fingerprint density at radius 1 is 0.923 bits per heavy atom. The van der Waals surface area contributed by atoms with Gasteiger partial charge >= 0.3 is 6.03 Å². The first-order valence-corrected chi connectivity index (χ1v) is 8.82. The highest BCUT2D eigenvalue weighted by Gasteiger charge is 2.14. The van der Waals surface area contributed by atoms with Gasteiger partial charge in [-0.05, 0) is 63.9 Å². The zero-order valence-corrected chi connectivity index (χ0v) is 16.0. The number of aryl methyl sites for hydroxylation is 2. The summed E-state index contributed by atoms with van der Waals surface area (Å²) in [6.45, 7) is 9.82. The number of carbonyl (C=O) groups is 2. The predicted octanol–water partition coefficient (Wildman–Crippen LogP) is 4.32. The number of urea groups is 1. The molecule has 0 bridgehead atoms. The van der Waals surface area contributed by atoms with Crippen molar-refractivity contribution >= 4 is 17.6 Å². The summed E-state index contributed by atoms with van der Waals surface area (Å²) in [5.41, 5.74) is 4.49. The van der Waals surface area contributed by atoms with Gasteiger partial charge in [-0.3, -0.25) is 4.79 Å². The number of anilines is 1. The van der Waals surface area contributed by atoms with Gasteiger partial charge in [-0.15, -0.1) is 0 Å². The molecule has 0 aliphatic heterocycles. The summed E-state index contributed by atoms with van der Waals surface area (Å²) in [6.07, 6.45) is 0. The second-order valence-electron chi connectivity index (χ2n) is 6.89. The third kappa shape index (κ3) is 5.34. The molecule has 0 saturated heterocycles. The average Bonchev–Trinajstić information content (AvgIpc) is 2.56. The Morgan fingerprint density at radius 2 is 1.65 bits per heavy atom. The van der Waals surface area contributed by atoms with Crippen molar-refractivity contribution < 1.29 is 9.59 Å². The Morgan fingerprint density at radius 3 is 2.35 bits per heavy atom. The van der Waals surface area contributed by atoms with Gasteiger partial charge in [0.25, 0.3) is 5.91 Å². The van der Waals surface area contributed by atoms with Gasteiger partial charge in [0.15, 0.2) is 0 Å². The lowest BCUT2D eigenvalue weighted by Gasteiger charge is -2.18. The lowest BCUT2D eigenvalue weighted by atomic mass is 9.99. The second-order valence-corrected chi connectivity index (χ2v) is 6.89. The molecule has 2 rings (SSSR count). The van der Waals surface area contributed by atoms with Crippen LogP contribution in [-0.4, -0.2) is 18.0 Å². The fraction of sp³-hybridized carbons (Fsp3) is 0.333. The first-order chi connectivity index (χ1) is 12.3. The van der Waals surface area contributed by atoms with Crippen molar-refractivity contribution in [1.82, 2.24) is 10.6 Å². The molecule has 0 aromatic heterocycles. The van der Waals surface area contributed by atoms with Gasteiger partial charge in [0.2, 0.25) is 0 Å². The molecular weight excluding hydrogens is 326 g/mol. The highest BCUT2D eigenvalue weighted by Crippen LogP contribution is 2.20. The lowest BCUT2D eigenvalue weighted by Crippen LogP contribution is -2.34. The molecule has 1 unspecified atom stereocenters. The Hall–Kier alpha value is -2.82. The SMILES string of the molecule is Cc1ccc(C)c(C(C)NC(=O)c2cccc(NC(=O)NC(C)C)c2)c1. The summed E-state index contributed by atoms with van der Waals surface area (Å²) < 4.78 is 0. The van der Waals surface area contributed by atoms with E-state index in [4.69, 9.17) is 0 Å². The molecule has 0 radical (unpaired) electrons. The van der Waals surface area contributed by atoms with E-state index in [1.165, 1.54) is 0 Å². The lowest BCUT2D eigenvalue weighted by molar-refractivity contribution is 0.0939. The summed E-state index contributed by atoms with van der Waals surface area (Å²) in [5, 5.41) is 8.52. The number of nitrogens with one attached hydrogen (secondary N) is 3. The Bertz CT molecular complexity index is 800. The monoisotopic (exact) mass is 353 g/mol. The van der Waals surface area contributed by atoms with Crippen LogP contribution in [0.2, 0.25) is 0 Å². The minimum atomic E-state index is -0.290. The molecule has 2 aromatic carbocycles. The maximum atomic E-state index is 12.6. The van der Waals surface area contributed by atoms with Gasteiger partial charge in [0, 0.05) is 17.3 Å². The molecule has 0 heterocycles. The van der Waals surface area contributed by atoms with Gasteiger partial charge in [-0.25, -0.2) is 4.79 Å². The first-order valence-electron chi connectivity index (χ1n) is 8.82. The van der Waals surface area contributed by atoms with Crippen LogP contribution in [0.1, 0.15) is 53.9 Å². The standard InChI is InChI=1S/C21H27N3O2/c1-13(2)22-21(26)24-18-8-6-7-17(12-18)20(25)23-16(5)19-11-14(3)9-10-15(19)4/h6-13,16H,1-5H3,(H,23,25)(H2,22,24,26). The number of amides is 3. The maximum Gasteiger partial charge on any atom is 0.319 e. The molecule has 138 valence electrons. The van der Waals surface area contributed by atoms with Gasteiger partial charge in [-0.2, -0.15) is 0 Å². The summed E-state index contributed by atoms with van der Waals surface area (Å²) in [5.74, 6) is -0.175. The zero-order chi connectivity index (χ0) is 19.3. The smallest absolute Gasteiger partial charge is 0.319 e. The number of carbonyl (C=O) groups excluding carboxylic acids is 2. The van der Waals surface area contributed by atoms with Crippen molar-refractivity contribution in [2.24, 2.45) is 0 Å². The van der Waals surface area contributed by atoms with Crippen LogP contribution in [0.25, 0.3) is 0 Å². The molecule has 0 saturated carbocycles.